The van der Waals surface area contributed by atoms with Crippen LogP contribution in [0.2, 0.25) is 0 Å². The molecule has 2 aliphatic rings. The summed E-state index contributed by atoms with van der Waals surface area (Å²) in [5.74, 6) is 0. The van der Waals surface area contributed by atoms with Crippen molar-refractivity contribution in [2.75, 3.05) is 7.05 Å². The van der Waals surface area contributed by atoms with E-state index in [0.29, 0.717) is 0 Å². The summed E-state index contributed by atoms with van der Waals surface area (Å²) < 4.78 is 40.9. The van der Waals surface area contributed by atoms with Crippen LogP contribution in [-0.4, -0.2) is 36.4 Å². The van der Waals surface area contributed by atoms with Gasteiger partial charge in [-0.25, -0.2) is 0 Å². The Bertz CT molecular complexity index is 1570. The van der Waals surface area contributed by atoms with Crippen molar-refractivity contribution < 1.29 is 60.0 Å². The molecule has 0 aliphatic heterocycles. The molecule has 0 spiro atoms. The molecule has 0 N–H and O–H groups in total. The van der Waals surface area contributed by atoms with E-state index in [4.69, 9.17) is 12.6 Å². The summed E-state index contributed by atoms with van der Waals surface area (Å²) in [6, 6.07) is 52.3. The largest absolute Gasteiger partial charge is 2.00 e. The van der Waals surface area contributed by atoms with Gasteiger partial charge in [-0.1, -0.05) is 178 Å². The van der Waals surface area contributed by atoms with Crippen LogP contribution in [0.5, 0.6) is 0 Å². The molecule has 11 heteroatoms. The molecule has 290 valence electrons. The van der Waals surface area contributed by atoms with Gasteiger partial charge in [-0.2, -0.15) is 4.90 Å². The van der Waals surface area contributed by atoms with Gasteiger partial charge in [0.25, 0.3) is 0 Å². The van der Waals surface area contributed by atoms with E-state index in [1.807, 2.05) is 42.8 Å². The van der Waals surface area contributed by atoms with Crippen LogP contribution >= 0.6 is 15.8 Å². The molecule has 0 unspecified atom stereocenters. The molecule has 0 amide bonds. The fourth-order valence-electron chi connectivity index (χ4n) is 6.68. The zero-order valence-electron chi connectivity index (χ0n) is 30.7. The molecule has 0 bridgehead atoms. The number of para-hydroxylation sites is 1. The maximum absolute atomic E-state index is 9.75. The molecular formula is C43H48BF4FeNP2PtS. The van der Waals surface area contributed by atoms with Crippen molar-refractivity contribution in [1.82, 2.24) is 0 Å². The number of benzene rings is 5. The molecule has 5 aromatic carbocycles. The Morgan fingerprint density at radius 3 is 1.06 bits per heavy atom. The zero-order chi connectivity index (χ0) is 37.2. The maximum atomic E-state index is 9.75. The average molecular weight is 1010 g/mol. The first-order valence-corrected chi connectivity index (χ1v) is 21.2. The molecule has 1 nitrogen and oxygen atoms in total. The summed E-state index contributed by atoms with van der Waals surface area (Å²) in [5.41, 5.74) is 2.82. The maximum Gasteiger partial charge on any atom is 2.00 e. The molecule has 2 aliphatic carbocycles. The Morgan fingerprint density at radius 2 is 0.796 bits per heavy atom. The van der Waals surface area contributed by atoms with E-state index < -0.39 is 7.25 Å². The van der Waals surface area contributed by atoms with Crippen molar-refractivity contribution >= 4 is 68.8 Å². The van der Waals surface area contributed by atoms with Crippen LogP contribution in [0.1, 0.15) is 58.3 Å². The first-order chi connectivity index (χ1) is 25.2. The second kappa shape index (κ2) is 25.9. The van der Waals surface area contributed by atoms with Gasteiger partial charge in [0.05, 0.1) is 0 Å². The number of halogens is 4. The molecule has 2 saturated carbocycles. The Labute approximate surface area is 353 Å². The number of hydrogen-bond donors (Lipinski definition) is 0. The number of nitrogens with zero attached hydrogens (tertiary/aromatic N) is 1. The molecule has 54 heavy (non-hydrogen) atoms. The summed E-state index contributed by atoms with van der Waals surface area (Å²) in [4.78, 5) is 0.865. The minimum atomic E-state index is -6.00. The van der Waals surface area contributed by atoms with Crippen LogP contribution in [-0.2, 0) is 50.8 Å². The van der Waals surface area contributed by atoms with Crippen LogP contribution in [0.3, 0.4) is 0 Å². The monoisotopic (exact) mass is 1010 g/mol. The number of rotatable bonds is 7. The Kier molecular flexibility index (Phi) is 23.0. The first kappa shape index (κ1) is 48.0. The molecule has 0 aromatic heterocycles. The Morgan fingerprint density at radius 1 is 0.537 bits per heavy atom. The van der Waals surface area contributed by atoms with Crippen molar-refractivity contribution in [3.63, 3.8) is 0 Å². The summed E-state index contributed by atoms with van der Waals surface area (Å²) >= 11 is 5.11. The SMILES string of the molecule is C[C-]=[N+](C)c1ccccc1[S-].F[B-](F)(F)F.[Fe].[Pt+2].c1ccc(P(c2ccccc2)C2CCCC2)cc1.c1ccc(P(c2ccccc2)C2CCCC2)cc1. The zero-order valence-corrected chi connectivity index (χ0v) is 36.7. The van der Waals surface area contributed by atoms with Crippen molar-refractivity contribution in [2.24, 2.45) is 0 Å². The van der Waals surface area contributed by atoms with Crippen molar-refractivity contribution in [2.45, 2.75) is 74.5 Å². The summed E-state index contributed by atoms with van der Waals surface area (Å²) in [6.07, 6.45) is 14.3. The van der Waals surface area contributed by atoms with Crippen LogP contribution in [0.4, 0.5) is 23.0 Å². The van der Waals surface area contributed by atoms with E-state index in [1.54, 1.807) is 21.2 Å². The van der Waals surface area contributed by atoms with Crippen LogP contribution in [0, 0.1) is 0 Å². The van der Waals surface area contributed by atoms with Crippen LogP contribution in [0.25, 0.3) is 0 Å². The normalized spacial score (nSPS) is 14.3. The van der Waals surface area contributed by atoms with E-state index in [-0.39, 0.29) is 54.0 Å². The minimum Gasteiger partial charge on any atom is -0.793 e. The first-order valence-electron chi connectivity index (χ1n) is 18.0. The van der Waals surface area contributed by atoms with Gasteiger partial charge in [0.2, 0.25) is 0 Å². The van der Waals surface area contributed by atoms with Gasteiger partial charge in [0.15, 0.2) is 0 Å². The van der Waals surface area contributed by atoms with Crippen molar-refractivity contribution in [1.29, 1.82) is 0 Å². The van der Waals surface area contributed by atoms with Crippen LogP contribution < -0.4 is 21.2 Å². The summed E-state index contributed by atoms with van der Waals surface area (Å²) in [7, 11) is -4.37. The summed E-state index contributed by atoms with van der Waals surface area (Å²) in [5, 5.41) is 6.19. The van der Waals surface area contributed by atoms with E-state index in [9.17, 15) is 17.3 Å². The van der Waals surface area contributed by atoms with Crippen molar-refractivity contribution in [3.05, 3.63) is 146 Å². The van der Waals surface area contributed by atoms with E-state index in [1.165, 1.54) is 51.4 Å². The fourth-order valence-corrected chi connectivity index (χ4v) is 13.0. The quantitative estimate of drug-likeness (QED) is 0.0299. The van der Waals surface area contributed by atoms with Gasteiger partial charge in [-0.15, -0.1) is 0 Å². The minimum absolute atomic E-state index is 0. The third-order valence-corrected chi connectivity index (χ3v) is 15.3. The third kappa shape index (κ3) is 16.5. The Hall–Kier alpha value is -2.16. The molecule has 0 saturated heterocycles. The fraction of sp³-hybridized carbons (Fsp3) is 0.279. The molecule has 0 radical (unpaired) electrons. The predicted molar refractivity (Wildman–Crippen MR) is 221 cm³/mol. The molecule has 7 rings (SSSR count). The molecular weight excluding hydrogens is 962 g/mol. The van der Waals surface area contributed by atoms with Gasteiger partial charge in [-0.3, -0.25) is 0 Å². The number of hydrogen-bond acceptors (Lipinski definition) is 1. The molecule has 0 atom stereocenters. The molecule has 2 fully saturated rings. The topological polar surface area (TPSA) is 3.01 Å². The van der Waals surface area contributed by atoms with E-state index in [2.05, 4.69) is 128 Å². The Balaban J connectivity index is 0.000000266. The van der Waals surface area contributed by atoms with Gasteiger partial charge < -0.3 is 34.5 Å². The summed E-state index contributed by atoms with van der Waals surface area (Å²) in [6.45, 7) is 1.86. The van der Waals surface area contributed by atoms with Gasteiger partial charge in [-0.05, 0) is 74.1 Å². The average Bonchev–Trinajstić information content (AvgIpc) is 3.90. The van der Waals surface area contributed by atoms with Gasteiger partial charge >= 0.3 is 28.3 Å². The standard InChI is InChI=1S/2C17H19P.C9H11NS.BF4.Fe.Pt/c2*1-3-9-15(10-4-1)18(17-13-7-8-14-17)16-11-5-2-6-12-16;1-3-10(2)8-6-4-5-7-9(8)11;2-1(3,4)5;;/h2*1-6,9-12,17H,7-8,13-14H2;4-7,11H,1-2H3;;;/q;;;-1;;+2/p-1. The van der Waals surface area contributed by atoms with Crippen LogP contribution in [0.15, 0.2) is 150 Å². The third-order valence-electron chi connectivity index (χ3n) is 9.08. The second-order valence-electron chi connectivity index (χ2n) is 12.7. The molecule has 0 heterocycles. The van der Waals surface area contributed by atoms with E-state index in [0.717, 1.165) is 21.9 Å². The smallest absolute Gasteiger partial charge is 0.793 e. The predicted octanol–water partition coefficient (Wildman–Crippen LogP) is 11.3. The second-order valence-corrected chi connectivity index (χ2v) is 18.2. The van der Waals surface area contributed by atoms with Gasteiger partial charge in [0, 0.05) is 29.0 Å². The van der Waals surface area contributed by atoms with E-state index >= 15 is 0 Å². The van der Waals surface area contributed by atoms with Gasteiger partial charge in [0.1, 0.15) is 7.05 Å². The molecule has 5 aromatic rings. The van der Waals surface area contributed by atoms with Crippen molar-refractivity contribution in [3.8, 4) is 0 Å².